The molecular weight excluding hydrogens is 271 g/mol. The maximum Gasteiger partial charge on any atom is 0.261 e. The average molecular weight is 284 g/mol. The van der Waals surface area contributed by atoms with Crippen LogP contribution in [0.1, 0.15) is 12.7 Å². The minimum Gasteiger partial charge on any atom is -0.469 e. The number of pyridine rings is 1. The molecular formula is C12H13FN2O3S. The lowest BCUT2D eigenvalue weighted by Gasteiger charge is -2.12. The van der Waals surface area contributed by atoms with Gasteiger partial charge in [0.25, 0.3) is 10.0 Å². The molecule has 0 bridgehead atoms. The molecule has 2 aromatic rings. The SMILES string of the molecule is CC(Cc1ccco1)NS(=O)(=O)c1ncccc1F. The van der Waals surface area contributed by atoms with Crippen molar-refractivity contribution in [2.24, 2.45) is 0 Å². The molecule has 5 nitrogen and oxygen atoms in total. The minimum absolute atomic E-state index is 0.376. The summed E-state index contributed by atoms with van der Waals surface area (Å²) in [4.78, 5) is 3.55. The number of aromatic nitrogens is 1. The summed E-state index contributed by atoms with van der Waals surface area (Å²) in [6, 6.07) is 5.41. The summed E-state index contributed by atoms with van der Waals surface area (Å²) < 4.78 is 44.8. The number of sulfonamides is 1. The van der Waals surface area contributed by atoms with Crippen LogP contribution in [-0.4, -0.2) is 19.4 Å². The van der Waals surface area contributed by atoms with E-state index in [0.717, 1.165) is 6.07 Å². The number of hydrogen-bond donors (Lipinski definition) is 1. The molecule has 2 heterocycles. The molecule has 7 heteroatoms. The van der Waals surface area contributed by atoms with Gasteiger partial charge in [0.05, 0.1) is 6.26 Å². The fourth-order valence-electron chi connectivity index (χ4n) is 1.66. The van der Waals surface area contributed by atoms with Crippen LogP contribution in [0.3, 0.4) is 0 Å². The van der Waals surface area contributed by atoms with Gasteiger partial charge in [-0.25, -0.2) is 22.5 Å². The van der Waals surface area contributed by atoms with E-state index in [2.05, 4.69) is 9.71 Å². The van der Waals surface area contributed by atoms with Gasteiger partial charge in [0.15, 0.2) is 5.82 Å². The van der Waals surface area contributed by atoms with Crippen LogP contribution in [0.5, 0.6) is 0 Å². The number of furan rings is 1. The summed E-state index contributed by atoms with van der Waals surface area (Å²) in [5.74, 6) is -0.225. The van der Waals surface area contributed by atoms with Gasteiger partial charge < -0.3 is 4.42 Å². The lowest BCUT2D eigenvalue weighted by atomic mass is 10.2. The zero-order valence-corrected chi connectivity index (χ0v) is 11.0. The van der Waals surface area contributed by atoms with E-state index in [1.54, 1.807) is 19.1 Å². The Kier molecular flexibility index (Phi) is 3.96. The Morgan fingerprint density at radius 3 is 2.84 bits per heavy atom. The number of nitrogens with one attached hydrogen (secondary N) is 1. The maximum absolute atomic E-state index is 13.4. The molecule has 2 rings (SSSR count). The standard InChI is InChI=1S/C12H13FN2O3S/c1-9(8-10-4-3-7-18-10)15-19(16,17)12-11(13)5-2-6-14-12/h2-7,9,15H,8H2,1H3. The van der Waals surface area contributed by atoms with Gasteiger partial charge in [0, 0.05) is 18.7 Å². The second-order valence-electron chi connectivity index (χ2n) is 4.10. The molecule has 102 valence electrons. The highest BCUT2D eigenvalue weighted by atomic mass is 32.2. The Bertz CT molecular complexity index is 641. The first-order valence-corrected chi connectivity index (χ1v) is 7.12. The van der Waals surface area contributed by atoms with Gasteiger partial charge in [0.1, 0.15) is 5.76 Å². The van der Waals surface area contributed by atoms with Crippen LogP contribution in [0, 0.1) is 5.82 Å². The highest BCUT2D eigenvalue weighted by Crippen LogP contribution is 2.12. The van der Waals surface area contributed by atoms with Gasteiger partial charge in [-0.1, -0.05) is 0 Å². The second kappa shape index (κ2) is 5.50. The van der Waals surface area contributed by atoms with Crippen LogP contribution in [0.15, 0.2) is 46.2 Å². The zero-order chi connectivity index (χ0) is 13.9. The van der Waals surface area contributed by atoms with Gasteiger partial charge in [-0.2, -0.15) is 0 Å². The fraction of sp³-hybridized carbons (Fsp3) is 0.250. The molecule has 2 aromatic heterocycles. The van der Waals surface area contributed by atoms with Crippen molar-refractivity contribution in [2.75, 3.05) is 0 Å². The summed E-state index contributed by atoms with van der Waals surface area (Å²) in [5.41, 5.74) is 0. The van der Waals surface area contributed by atoms with Crippen LogP contribution in [0.2, 0.25) is 0 Å². The summed E-state index contributed by atoms with van der Waals surface area (Å²) in [6.45, 7) is 1.67. The molecule has 0 fully saturated rings. The third kappa shape index (κ3) is 3.39. The molecule has 0 amide bonds. The van der Waals surface area contributed by atoms with E-state index in [4.69, 9.17) is 4.42 Å². The van der Waals surface area contributed by atoms with E-state index in [1.807, 2.05) is 0 Å². The van der Waals surface area contributed by atoms with Crippen molar-refractivity contribution >= 4 is 10.0 Å². The predicted octanol–water partition coefficient (Wildman–Crippen LogP) is 1.72. The third-order valence-corrected chi connectivity index (χ3v) is 3.95. The van der Waals surface area contributed by atoms with E-state index >= 15 is 0 Å². The predicted molar refractivity (Wildman–Crippen MR) is 66.4 cm³/mol. The largest absolute Gasteiger partial charge is 0.469 e. The molecule has 0 saturated carbocycles. The number of nitrogens with zero attached hydrogens (tertiary/aromatic N) is 1. The Labute approximate surface area is 110 Å². The quantitative estimate of drug-likeness (QED) is 0.907. The lowest BCUT2D eigenvalue weighted by Crippen LogP contribution is -2.35. The van der Waals surface area contributed by atoms with Gasteiger partial charge in [-0.05, 0) is 31.2 Å². The van der Waals surface area contributed by atoms with Crippen molar-refractivity contribution in [3.63, 3.8) is 0 Å². The van der Waals surface area contributed by atoms with Crippen LogP contribution < -0.4 is 4.72 Å². The van der Waals surface area contributed by atoms with Crippen molar-refractivity contribution in [1.29, 1.82) is 0 Å². The summed E-state index contributed by atoms with van der Waals surface area (Å²) in [7, 11) is -3.97. The Balaban J connectivity index is 2.11. The molecule has 0 aliphatic heterocycles. The lowest BCUT2D eigenvalue weighted by molar-refractivity contribution is 0.476. The highest BCUT2D eigenvalue weighted by molar-refractivity contribution is 7.89. The average Bonchev–Trinajstić information content (AvgIpc) is 2.81. The molecule has 0 radical (unpaired) electrons. The molecule has 1 atom stereocenters. The van der Waals surface area contributed by atoms with Crippen molar-refractivity contribution in [3.8, 4) is 0 Å². The first-order valence-electron chi connectivity index (χ1n) is 5.64. The summed E-state index contributed by atoms with van der Waals surface area (Å²) >= 11 is 0. The minimum atomic E-state index is -3.97. The van der Waals surface area contributed by atoms with Crippen LogP contribution in [0.4, 0.5) is 4.39 Å². The first-order chi connectivity index (χ1) is 8.99. The van der Waals surface area contributed by atoms with Gasteiger partial charge in [0.2, 0.25) is 5.03 Å². The van der Waals surface area contributed by atoms with Gasteiger partial charge in [-0.3, -0.25) is 0 Å². The molecule has 0 aliphatic rings. The first kappa shape index (κ1) is 13.7. The van der Waals surface area contributed by atoms with E-state index in [-0.39, 0.29) is 0 Å². The highest BCUT2D eigenvalue weighted by Gasteiger charge is 2.22. The molecule has 0 aliphatic carbocycles. The number of halogens is 1. The number of rotatable bonds is 5. The number of hydrogen-bond acceptors (Lipinski definition) is 4. The van der Waals surface area contributed by atoms with E-state index in [1.165, 1.54) is 18.5 Å². The van der Waals surface area contributed by atoms with Crippen molar-refractivity contribution in [1.82, 2.24) is 9.71 Å². The Morgan fingerprint density at radius 2 is 2.21 bits per heavy atom. The van der Waals surface area contributed by atoms with Crippen molar-refractivity contribution < 1.29 is 17.2 Å². The second-order valence-corrected chi connectivity index (χ2v) is 5.73. The molecule has 19 heavy (non-hydrogen) atoms. The molecule has 0 spiro atoms. The van der Waals surface area contributed by atoms with Crippen molar-refractivity contribution in [2.45, 2.75) is 24.4 Å². The fourth-order valence-corrected chi connectivity index (χ4v) is 2.91. The molecule has 0 saturated heterocycles. The summed E-state index contributed by atoms with van der Waals surface area (Å²) in [6.07, 6.45) is 3.12. The van der Waals surface area contributed by atoms with E-state index < -0.39 is 26.9 Å². The summed E-state index contributed by atoms with van der Waals surface area (Å²) in [5, 5.41) is -0.596. The molecule has 1 unspecified atom stereocenters. The molecule has 1 N–H and O–H groups in total. The van der Waals surface area contributed by atoms with Gasteiger partial charge in [-0.15, -0.1) is 0 Å². The molecule has 0 aromatic carbocycles. The van der Waals surface area contributed by atoms with Crippen LogP contribution in [0.25, 0.3) is 0 Å². The van der Waals surface area contributed by atoms with E-state index in [0.29, 0.717) is 12.2 Å². The third-order valence-electron chi connectivity index (χ3n) is 2.42. The normalized spacial score (nSPS) is 13.4. The maximum atomic E-state index is 13.4. The topological polar surface area (TPSA) is 72.2 Å². The zero-order valence-electron chi connectivity index (χ0n) is 10.2. The Morgan fingerprint density at radius 1 is 1.42 bits per heavy atom. The van der Waals surface area contributed by atoms with Gasteiger partial charge >= 0.3 is 0 Å². The van der Waals surface area contributed by atoms with Crippen molar-refractivity contribution in [3.05, 3.63) is 48.3 Å². The van der Waals surface area contributed by atoms with Crippen LogP contribution in [-0.2, 0) is 16.4 Å². The monoisotopic (exact) mass is 284 g/mol. The van der Waals surface area contributed by atoms with Crippen LogP contribution >= 0.6 is 0 Å². The smallest absolute Gasteiger partial charge is 0.261 e. The Hall–Kier alpha value is -1.73. The van der Waals surface area contributed by atoms with E-state index in [9.17, 15) is 12.8 Å².